The molecular formula is C13H15NO3S. The van der Waals surface area contributed by atoms with Gasteiger partial charge >= 0.3 is 5.97 Å². The molecule has 1 N–H and O–H groups in total. The second kappa shape index (κ2) is 5.35. The third-order valence-electron chi connectivity index (χ3n) is 2.66. The fourth-order valence-electron chi connectivity index (χ4n) is 1.83. The number of hydrogen-bond acceptors (Lipinski definition) is 4. The molecule has 96 valence electrons. The molecule has 0 amide bonds. The number of methoxy groups -OCH3 is 1. The van der Waals surface area contributed by atoms with Crippen molar-refractivity contribution >= 4 is 28.6 Å². The van der Waals surface area contributed by atoms with Gasteiger partial charge in [0.05, 0.1) is 24.3 Å². The Morgan fingerprint density at radius 3 is 2.83 bits per heavy atom. The number of nitrogens with one attached hydrogen (secondary N) is 1. The first kappa shape index (κ1) is 12.8. The quantitative estimate of drug-likeness (QED) is 0.682. The standard InChI is InChI=1S/C13H15NO3S/c1-4-17-13(15)11-9-7-8(16-2)5-6-10(9)14-12(11)18-3/h5-7,14H,4H2,1-3H3. The number of fused-ring (bicyclic) bond motifs is 1. The summed E-state index contributed by atoms with van der Waals surface area (Å²) in [5.41, 5.74) is 1.49. The molecule has 0 aliphatic heterocycles. The molecule has 0 aliphatic rings. The number of carbonyl (C=O) groups is 1. The SMILES string of the molecule is CCOC(=O)c1c(SC)[nH]c2ccc(OC)cc12. The second-order valence-electron chi connectivity index (χ2n) is 3.67. The van der Waals surface area contributed by atoms with E-state index in [-0.39, 0.29) is 5.97 Å². The predicted molar refractivity (Wildman–Crippen MR) is 72.6 cm³/mol. The van der Waals surface area contributed by atoms with E-state index in [0.717, 1.165) is 21.7 Å². The Kier molecular flexibility index (Phi) is 3.81. The number of aromatic amines is 1. The molecule has 0 unspecified atom stereocenters. The van der Waals surface area contributed by atoms with Crippen molar-refractivity contribution in [1.82, 2.24) is 4.98 Å². The van der Waals surface area contributed by atoms with E-state index in [1.165, 1.54) is 11.8 Å². The van der Waals surface area contributed by atoms with Crippen LogP contribution in [0.3, 0.4) is 0 Å². The molecule has 0 saturated carbocycles. The van der Waals surface area contributed by atoms with Crippen LogP contribution in [0.2, 0.25) is 0 Å². The lowest BCUT2D eigenvalue weighted by Crippen LogP contribution is -2.05. The number of carbonyl (C=O) groups excluding carboxylic acids is 1. The van der Waals surface area contributed by atoms with Crippen LogP contribution in [0, 0.1) is 0 Å². The number of ether oxygens (including phenoxy) is 2. The van der Waals surface area contributed by atoms with E-state index in [9.17, 15) is 4.79 Å². The molecule has 0 atom stereocenters. The molecule has 18 heavy (non-hydrogen) atoms. The molecule has 2 aromatic rings. The number of esters is 1. The summed E-state index contributed by atoms with van der Waals surface area (Å²) in [5.74, 6) is 0.418. The number of benzene rings is 1. The van der Waals surface area contributed by atoms with Crippen molar-refractivity contribution in [2.75, 3.05) is 20.0 Å². The number of thioether (sulfide) groups is 1. The van der Waals surface area contributed by atoms with E-state index in [1.807, 2.05) is 24.5 Å². The Bertz CT molecular complexity index is 577. The second-order valence-corrected chi connectivity index (χ2v) is 4.48. The summed E-state index contributed by atoms with van der Waals surface area (Å²) in [6, 6.07) is 5.60. The predicted octanol–water partition coefficient (Wildman–Crippen LogP) is 3.08. The molecule has 0 radical (unpaired) electrons. The summed E-state index contributed by atoms with van der Waals surface area (Å²) in [7, 11) is 1.60. The van der Waals surface area contributed by atoms with E-state index in [4.69, 9.17) is 9.47 Å². The molecule has 0 fully saturated rings. The molecular weight excluding hydrogens is 250 g/mol. The van der Waals surface area contributed by atoms with E-state index in [0.29, 0.717) is 12.2 Å². The Hall–Kier alpha value is -1.62. The van der Waals surface area contributed by atoms with Crippen LogP contribution >= 0.6 is 11.8 Å². The largest absolute Gasteiger partial charge is 0.497 e. The number of hydrogen-bond donors (Lipinski definition) is 1. The molecule has 1 aromatic carbocycles. The average molecular weight is 265 g/mol. The summed E-state index contributed by atoms with van der Waals surface area (Å²) in [4.78, 5) is 15.2. The third kappa shape index (κ3) is 2.18. The molecule has 1 aromatic heterocycles. The van der Waals surface area contributed by atoms with Crippen LogP contribution < -0.4 is 4.74 Å². The minimum Gasteiger partial charge on any atom is -0.497 e. The maximum atomic E-state index is 12.0. The van der Waals surface area contributed by atoms with Gasteiger partial charge in [-0.2, -0.15) is 0 Å². The van der Waals surface area contributed by atoms with Crippen molar-refractivity contribution in [3.8, 4) is 5.75 Å². The van der Waals surface area contributed by atoms with Gasteiger partial charge in [0.25, 0.3) is 0 Å². The number of rotatable bonds is 4. The summed E-state index contributed by atoms with van der Waals surface area (Å²) in [5, 5.41) is 1.65. The van der Waals surface area contributed by atoms with Crippen molar-refractivity contribution in [2.45, 2.75) is 11.9 Å². The Morgan fingerprint density at radius 2 is 2.22 bits per heavy atom. The van der Waals surface area contributed by atoms with Gasteiger partial charge in [0, 0.05) is 10.9 Å². The minimum atomic E-state index is -0.304. The Morgan fingerprint density at radius 1 is 1.44 bits per heavy atom. The monoisotopic (exact) mass is 265 g/mol. The zero-order valence-electron chi connectivity index (χ0n) is 10.6. The van der Waals surface area contributed by atoms with Crippen molar-refractivity contribution < 1.29 is 14.3 Å². The zero-order chi connectivity index (χ0) is 13.1. The first-order valence-electron chi connectivity index (χ1n) is 5.62. The van der Waals surface area contributed by atoms with Gasteiger partial charge < -0.3 is 14.5 Å². The molecule has 0 spiro atoms. The highest BCUT2D eigenvalue weighted by Gasteiger charge is 2.19. The molecule has 2 rings (SSSR count). The molecule has 0 bridgehead atoms. The van der Waals surface area contributed by atoms with E-state index >= 15 is 0 Å². The first-order valence-corrected chi connectivity index (χ1v) is 6.84. The summed E-state index contributed by atoms with van der Waals surface area (Å²) in [6.07, 6.45) is 1.92. The highest BCUT2D eigenvalue weighted by molar-refractivity contribution is 7.98. The van der Waals surface area contributed by atoms with Gasteiger partial charge in [0.2, 0.25) is 0 Å². The fraction of sp³-hybridized carbons (Fsp3) is 0.308. The van der Waals surface area contributed by atoms with Gasteiger partial charge in [-0.25, -0.2) is 4.79 Å². The van der Waals surface area contributed by atoms with Gasteiger partial charge in [-0.1, -0.05) is 0 Å². The summed E-state index contributed by atoms with van der Waals surface area (Å²) < 4.78 is 10.3. The van der Waals surface area contributed by atoms with E-state index in [2.05, 4.69) is 4.98 Å². The molecule has 0 saturated heterocycles. The van der Waals surface area contributed by atoms with Crippen LogP contribution in [-0.4, -0.2) is 30.9 Å². The average Bonchev–Trinajstić information content (AvgIpc) is 2.76. The lowest BCUT2D eigenvalue weighted by Gasteiger charge is -2.03. The number of H-pyrrole nitrogens is 1. The van der Waals surface area contributed by atoms with Crippen LogP contribution in [0.1, 0.15) is 17.3 Å². The fourth-order valence-corrected chi connectivity index (χ4v) is 2.44. The lowest BCUT2D eigenvalue weighted by atomic mass is 10.1. The maximum absolute atomic E-state index is 12.0. The van der Waals surface area contributed by atoms with E-state index in [1.54, 1.807) is 14.0 Å². The van der Waals surface area contributed by atoms with Crippen LogP contribution in [0.4, 0.5) is 0 Å². The van der Waals surface area contributed by atoms with Gasteiger partial charge in [0.15, 0.2) is 0 Å². The van der Waals surface area contributed by atoms with Gasteiger partial charge in [-0.15, -0.1) is 11.8 Å². The summed E-state index contributed by atoms with van der Waals surface area (Å²) >= 11 is 1.49. The smallest absolute Gasteiger partial charge is 0.341 e. The lowest BCUT2D eigenvalue weighted by molar-refractivity contribution is 0.0524. The van der Waals surface area contributed by atoms with Gasteiger partial charge in [0.1, 0.15) is 5.75 Å². The Labute approximate surface area is 110 Å². The van der Waals surface area contributed by atoms with Gasteiger partial charge in [-0.3, -0.25) is 0 Å². The van der Waals surface area contributed by atoms with Gasteiger partial charge in [-0.05, 0) is 31.4 Å². The highest BCUT2D eigenvalue weighted by atomic mass is 32.2. The Balaban J connectivity index is 2.62. The third-order valence-corrected chi connectivity index (χ3v) is 3.37. The van der Waals surface area contributed by atoms with E-state index < -0.39 is 0 Å². The highest BCUT2D eigenvalue weighted by Crippen LogP contribution is 2.31. The summed E-state index contributed by atoms with van der Waals surface area (Å²) in [6.45, 7) is 2.16. The molecule has 0 aliphatic carbocycles. The molecule has 5 heteroatoms. The van der Waals surface area contributed by atoms with Crippen LogP contribution in [0.25, 0.3) is 10.9 Å². The number of aromatic nitrogens is 1. The maximum Gasteiger partial charge on any atom is 0.341 e. The van der Waals surface area contributed by atoms with Crippen molar-refractivity contribution in [3.63, 3.8) is 0 Å². The first-order chi connectivity index (χ1) is 8.71. The zero-order valence-corrected chi connectivity index (χ0v) is 11.4. The molecule has 4 nitrogen and oxygen atoms in total. The normalized spacial score (nSPS) is 10.6. The van der Waals surface area contributed by atoms with Crippen LogP contribution in [0.15, 0.2) is 23.2 Å². The minimum absolute atomic E-state index is 0.304. The molecule has 1 heterocycles. The van der Waals surface area contributed by atoms with Crippen LogP contribution in [0.5, 0.6) is 5.75 Å². The van der Waals surface area contributed by atoms with Crippen molar-refractivity contribution in [3.05, 3.63) is 23.8 Å². The topological polar surface area (TPSA) is 51.3 Å². The van der Waals surface area contributed by atoms with Crippen LogP contribution in [-0.2, 0) is 4.74 Å². The van der Waals surface area contributed by atoms with Crippen molar-refractivity contribution in [1.29, 1.82) is 0 Å². The van der Waals surface area contributed by atoms with Crippen molar-refractivity contribution in [2.24, 2.45) is 0 Å².